The Morgan fingerprint density at radius 2 is 1.79 bits per heavy atom. The van der Waals surface area contributed by atoms with Crippen LogP contribution in [0.5, 0.6) is 0 Å². The van der Waals surface area contributed by atoms with Crippen LogP contribution in [0.15, 0.2) is 10.2 Å². The van der Waals surface area contributed by atoms with E-state index in [2.05, 4.69) is 16.2 Å². The highest BCUT2D eigenvalue weighted by Gasteiger charge is 2.16. The third kappa shape index (κ3) is 1.91. The third-order valence-corrected chi connectivity index (χ3v) is 3.77. The van der Waals surface area contributed by atoms with Gasteiger partial charge in [-0.1, -0.05) is 11.8 Å². The van der Waals surface area contributed by atoms with Crippen LogP contribution in [0, 0.1) is 0 Å². The zero-order valence-electron chi connectivity index (χ0n) is 8.54. The van der Waals surface area contributed by atoms with Gasteiger partial charge in [0, 0.05) is 11.3 Å². The van der Waals surface area contributed by atoms with E-state index >= 15 is 0 Å². The van der Waals surface area contributed by atoms with Gasteiger partial charge in [-0.05, 0) is 38.2 Å². The van der Waals surface area contributed by atoms with Gasteiger partial charge in [0.25, 0.3) is 0 Å². The fourth-order valence-corrected chi connectivity index (χ4v) is 2.88. The van der Waals surface area contributed by atoms with E-state index in [-0.39, 0.29) is 0 Å². The highest BCUT2D eigenvalue weighted by Crippen LogP contribution is 2.28. The van der Waals surface area contributed by atoms with Crippen LogP contribution in [0.25, 0.3) is 0 Å². The second-order valence-corrected chi connectivity index (χ2v) is 4.92. The maximum atomic E-state index is 4.58. The van der Waals surface area contributed by atoms with E-state index in [0.29, 0.717) is 0 Å². The first kappa shape index (κ1) is 10.3. The summed E-state index contributed by atoms with van der Waals surface area (Å²) in [5.74, 6) is 0. The number of rotatable bonds is 2. The topological polar surface area (TPSA) is 25.8 Å². The van der Waals surface area contributed by atoms with Gasteiger partial charge in [0.1, 0.15) is 5.03 Å². The first-order valence-electron chi connectivity index (χ1n) is 4.83. The van der Waals surface area contributed by atoms with Gasteiger partial charge in [-0.25, -0.2) is 9.97 Å². The summed E-state index contributed by atoms with van der Waals surface area (Å²) < 4.78 is 0. The Labute approximate surface area is 93.3 Å². The second kappa shape index (κ2) is 4.53. The lowest BCUT2D eigenvalue weighted by molar-refractivity contribution is 0.628. The zero-order valence-corrected chi connectivity index (χ0v) is 10.2. The van der Waals surface area contributed by atoms with Gasteiger partial charge >= 0.3 is 0 Å². The van der Waals surface area contributed by atoms with Gasteiger partial charge in [0.05, 0.1) is 0 Å². The van der Waals surface area contributed by atoms with Crippen molar-refractivity contribution in [1.29, 1.82) is 0 Å². The maximum Gasteiger partial charge on any atom is 0.188 e. The summed E-state index contributed by atoms with van der Waals surface area (Å²) in [7, 11) is 0. The summed E-state index contributed by atoms with van der Waals surface area (Å²) in [5.41, 5.74) is 2.70. The Morgan fingerprint density at radius 3 is 2.50 bits per heavy atom. The van der Waals surface area contributed by atoms with Crippen molar-refractivity contribution in [2.75, 3.05) is 12.5 Å². The van der Waals surface area contributed by atoms with Crippen molar-refractivity contribution in [2.45, 2.75) is 35.9 Å². The number of nitrogens with zero attached hydrogens (tertiary/aromatic N) is 2. The van der Waals surface area contributed by atoms with Gasteiger partial charge < -0.3 is 0 Å². The van der Waals surface area contributed by atoms with Gasteiger partial charge in [-0.3, -0.25) is 0 Å². The van der Waals surface area contributed by atoms with Crippen molar-refractivity contribution in [1.82, 2.24) is 9.97 Å². The molecular weight excluding hydrogens is 212 g/mol. The summed E-state index contributed by atoms with van der Waals surface area (Å²) in [4.78, 5) is 9.12. The highest BCUT2D eigenvalue weighted by molar-refractivity contribution is 7.99. The van der Waals surface area contributed by atoms with E-state index in [0.717, 1.165) is 11.6 Å². The molecule has 1 aromatic heterocycles. The van der Waals surface area contributed by atoms with Crippen LogP contribution >= 0.6 is 23.5 Å². The molecule has 1 aromatic rings. The fourth-order valence-electron chi connectivity index (χ4n) is 1.80. The number of aryl methyl sites for hydroxylation is 1. The van der Waals surface area contributed by atoms with Crippen LogP contribution in [-0.4, -0.2) is 22.5 Å². The van der Waals surface area contributed by atoms with E-state index in [1.54, 1.807) is 23.5 Å². The van der Waals surface area contributed by atoms with E-state index in [1.807, 2.05) is 6.26 Å². The molecule has 0 bridgehead atoms. The normalized spacial score (nSPS) is 15.3. The number of thioether (sulfide) groups is 2. The van der Waals surface area contributed by atoms with E-state index in [9.17, 15) is 0 Å². The van der Waals surface area contributed by atoms with Gasteiger partial charge in [-0.15, -0.1) is 11.8 Å². The molecule has 0 aliphatic heterocycles. The average Bonchev–Trinajstić information content (AvgIpc) is 2.27. The number of aromatic nitrogens is 2. The summed E-state index contributed by atoms with van der Waals surface area (Å²) >= 11 is 3.38. The van der Waals surface area contributed by atoms with Crippen molar-refractivity contribution >= 4 is 23.5 Å². The van der Waals surface area contributed by atoms with E-state index in [4.69, 9.17) is 0 Å². The molecule has 1 aliphatic rings. The molecule has 0 saturated carbocycles. The number of hydrogen-bond donors (Lipinski definition) is 0. The van der Waals surface area contributed by atoms with Gasteiger partial charge in [-0.2, -0.15) is 0 Å². The van der Waals surface area contributed by atoms with Crippen LogP contribution in [0.2, 0.25) is 0 Å². The van der Waals surface area contributed by atoms with Crippen LogP contribution in [0.3, 0.4) is 0 Å². The predicted molar refractivity (Wildman–Crippen MR) is 62.2 cm³/mol. The van der Waals surface area contributed by atoms with Crippen LogP contribution in [0.1, 0.15) is 24.1 Å². The number of hydrogen-bond acceptors (Lipinski definition) is 4. The Bertz CT molecular complexity index is 322. The zero-order chi connectivity index (χ0) is 9.97. The first-order chi connectivity index (χ1) is 6.85. The lowest BCUT2D eigenvalue weighted by Crippen LogP contribution is -2.09. The molecule has 0 atom stereocenters. The molecule has 0 saturated heterocycles. The minimum Gasteiger partial charge on any atom is -0.227 e. The van der Waals surface area contributed by atoms with Crippen LogP contribution in [-0.2, 0) is 12.8 Å². The number of fused-ring (bicyclic) bond motifs is 1. The molecule has 0 radical (unpaired) electrons. The van der Waals surface area contributed by atoms with Gasteiger partial charge in [0.15, 0.2) is 5.16 Å². The lowest BCUT2D eigenvalue weighted by atomic mass is 9.98. The van der Waals surface area contributed by atoms with Crippen molar-refractivity contribution in [3.8, 4) is 0 Å². The Hall–Kier alpha value is -0.220. The largest absolute Gasteiger partial charge is 0.227 e. The minimum absolute atomic E-state index is 0.926. The van der Waals surface area contributed by atoms with Crippen LogP contribution < -0.4 is 0 Å². The first-order valence-corrected chi connectivity index (χ1v) is 7.28. The van der Waals surface area contributed by atoms with Crippen molar-refractivity contribution in [3.05, 3.63) is 11.3 Å². The second-order valence-electron chi connectivity index (χ2n) is 3.35. The molecular formula is C10H14N2S2. The molecule has 4 heteroatoms. The maximum absolute atomic E-state index is 4.58. The fraction of sp³-hybridized carbons (Fsp3) is 0.600. The van der Waals surface area contributed by atoms with Crippen molar-refractivity contribution in [2.24, 2.45) is 0 Å². The Balaban J connectivity index is 2.47. The SMILES string of the molecule is CSc1nc2c(c(SC)n1)CCCC2. The smallest absolute Gasteiger partial charge is 0.188 e. The standard InChI is InChI=1S/C10H14N2S2/c1-13-9-7-5-3-4-6-8(7)11-10(12-9)14-2/h3-6H2,1-2H3. The molecule has 2 nitrogen and oxygen atoms in total. The minimum atomic E-state index is 0.926. The molecule has 1 aliphatic carbocycles. The quantitative estimate of drug-likeness (QED) is 0.440. The molecule has 76 valence electrons. The van der Waals surface area contributed by atoms with Crippen molar-refractivity contribution in [3.63, 3.8) is 0 Å². The lowest BCUT2D eigenvalue weighted by Gasteiger charge is -2.17. The summed E-state index contributed by atoms with van der Waals surface area (Å²) in [6.07, 6.45) is 9.02. The van der Waals surface area contributed by atoms with Crippen molar-refractivity contribution < 1.29 is 0 Å². The molecule has 0 aromatic carbocycles. The molecule has 0 amide bonds. The summed E-state index contributed by atoms with van der Waals surface area (Å²) in [6.45, 7) is 0. The van der Waals surface area contributed by atoms with E-state index in [1.165, 1.54) is 35.5 Å². The molecule has 14 heavy (non-hydrogen) atoms. The predicted octanol–water partition coefficient (Wildman–Crippen LogP) is 2.80. The molecule has 0 unspecified atom stereocenters. The Morgan fingerprint density at radius 1 is 1.00 bits per heavy atom. The van der Waals surface area contributed by atoms with Gasteiger partial charge in [0.2, 0.25) is 0 Å². The van der Waals surface area contributed by atoms with E-state index < -0.39 is 0 Å². The molecule has 2 rings (SSSR count). The molecule has 0 N–H and O–H groups in total. The van der Waals surface area contributed by atoms with Crippen LogP contribution in [0.4, 0.5) is 0 Å². The summed E-state index contributed by atoms with van der Waals surface area (Å²) in [6, 6.07) is 0. The molecule has 0 fully saturated rings. The molecule has 0 spiro atoms. The summed E-state index contributed by atoms with van der Waals surface area (Å²) in [5, 5.41) is 2.12. The third-order valence-electron chi connectivity index (χ3n) is 2.50. The Kier molecular flexibility index (Phi) is 3.34. The average molecular weight is 226 g/mol. The monoisotopic (exact) mass is 226 g/mol. The molecule has 1 heterocycles. The highest BCUT2D eigenvalue weighted by atomic mass is 32.2.